The molecule has 4 N–H and O–H groups in total. The van der Waals surface area contributed by atoms with Crippen molar-refractivity contribution in [2.45, 2.75) is 69.8 Å². The summed E-state index contributed by atoms with van der Waals surface area (Å²) in [6.45, 7) is 5.18. The van der Waals surface area contributed by atoms with Crippen molar-refractivity contribution >= 4 is 51.8 Å². The van der Waals surface area contributed by atoms with Gasteiger partial charge in [0.2, 0.25) is 23.6 Å². The minimum atomic E-state index is -2.88. The molecule has 0 bridgehead atoms. The number of fused-ring (bicyclic) bond motifs is 1. The van der Waals surface area contributed by atoms with Gasteiger partial charge < -0.3 is 29.7 Å². The van der Waals surface area contributed by atoms with Gasteiger partial charge in [-0.2, -0.15) is 5.10 Å². The number of benzene rings is 1. The number of piperidine rings is 1. The average Bonchev–Trinajstić information content (AvgIpc) is 3.57. The molecule has 1 aromatic carbocycles. The molecule has 2 aliphatic heterocycles. The molecule has 18 heteroatoms. The number of nitrogens with one attached hydrogen (secondary N) is 4. The van der Waals surface area contributed by atoms with Gasteiger partial charge in [-0.3, -0.25) is 34.1 Å². The topological polar surface area (TPSA) is 193 Å². The van der Waals surface area contributed by atoms with Crippen LogP contribution in [0, 0.1) is 11.8 Å². The molecule has 2 saturated heterocycles. The van der Waals surface area contributed by atoms with E-state index in [1.807, 2.05) is 6.07 Å². The molecular weight excluding hydrogens is 791 g/mol. The Hall–Kier alpha value is -6.01. The first-order valence-electron chi connectivity index (χ1n) is 21.1. The maximum absolute atomic E-state index is 14.2. The molecule has 320 valence electrons. The molecule has 5 aromatic rings. The minimum absolute atomic E-state index is 0.0380. The van der Waals surface area contributed by atoms with Crippen molar-refractivity contribution < 1.29 is 36.8 Å². The van der Waals surface area contributed by atoms with Gasteiger partial charge in [0.15, 0.2) is 11.4 Å². The number of aromatic nitrogens is 4. The summed E-state index contributed by atoms with van der Waals surface area (Å²) in [6.07, 6.45) is 9.48. The number of pyridine rings is 1. The van der Waals surface area contributed by atoms with Gasteiger partial charge in [0.1, 0.15) is 17.7 Å². The molecule has 2 aliphatic carbocycles. The van der Waals surface area contributed by atoms with Crippen LogP contribution in [0.25, 0.3) is 22.4 Å². The molecule has 16 nitrogen and oxygen atoms in total. The van der Waals surface area contributed by atoms with Crippen molar-refractivity contribution in [3.63, 3.8) is 0 Å². The number of furan rings is 1. The summed E-state index contributed by atoms with van der Waals surface area (Å²) in [5.41, 5.74) is 1.98. The van der Waals surface area contributed by atoms with Gasteiger partial charge in [0.25, 0.3) is 12.3 Å². The molecule has 9 rings (SSSR count). The molecule has 2 saturated carbocycles. The molecule has 6 heterocycles. The van der Waals surface area contributed by atoms with E-state index in [0.717, 1.165) is 70.3 Å². The third-order valence-corrected chi connectivity index (χ3v) is 12.3. The van der Waals surface area contributed by atoms with Crippen LogP contribution >= 0.6 is 0 Å². The van der Waals surface area contributed by atoms with E-state index in [1.54, 1.807) is 41.4 Å². The first kappa shape index (κ1) is 40.4. The third-order valence-electron chi connectivity index (χ3n) is 12.3. The van der Waals surface area contributed by atoms with Crippen LogP contribution in [0.15, 0.2) is 64.1 Å². The highest BCUT2D eigenvalue weighted by atomic mass is 19.3. The molecule has 0 spiro atoms. The number of alkyl halides is 2. The van der Waals surface area contributed by atoms with Gasteiger partial charge in [-0.1, -0.05) is 0 Å². The molecule has 4 aromatic heterocycles. The number of carbonyl (C=O) groups excluding carboxylic acids is 4. The Kier molecular flexibility index (Phi) is 11.6. The van der Waals surface area contributed by atoms with Crippen LogP contribution in [0.3, 0.4) is 0 Å². The lowest BCUT2D eigenvalue weighted by atomic mass is 9.85. The molecule has 4 fully saturated rings. The fraction of sp³-hybridized carbons (Fsp3) is 0.465. The van der Waals surface area contributed by atoms with Gasteiger partial charge in [0.05, 0.1) is 30.5 Å². The Bertz CT molecular complexity index is 2410. The zero-order chi connectivity index (χ0) is 42.0. The zero-order valence-corrected chi connectivity index (χ0v) is 33.6. The largest absolute Gasteiger partial charge is 0.464 e. The van der Waals surface area contributed by atoms with Gasteiger partial charge in [0, 0.05) is 80.3 Å². The summed E-state index contributed by atoms with van der Waals surface area (Å²) in [4.78, 5) is 63.6. The highest BCUT2D eigenvalue weighted by Gasteiger charge is 2.32. The smallest absolute Gasteiger partial charge is 0.284 e. The Morgan fingerprint density at radius 2 is 1.69 bits per heavy atom. The first-order valence-corrected chi connectivity index (χ1v) is 21.1. The van der Waals surface area contributed by atoms with Gasteiger partial charge in [-0.15, -0.1) is 0 Å². The van der Waals surface area contributed by atoms with Crippen LogP contribution in [-0.4, -0.2) is 99.0 Å². The Balaban J connectivity index is 0.725. The van der Waals surface area contributed by atoms with Crippen LogP contribution in [0.4, 0.5) is 26.0 Å². The SMILES string of the molecule is O=C1CCC(c2coc3ccc(NC(=O)CN4CCN(CC5CCC(n6cc(NC(=O)c7coc(-c8ccnc(NCC9CC9)c8)n7)c(C(F)F)n6)CC5)CC4)cc23)C(=O)N1. The number of carbonyl (C=O) groups is 4. The number of imide groups is 1. The monoisotopic (exact) mass is 838 g/mol. The van der Waals surface area contributed by atoms with Crippen LogP contribution in [0.1, 0.15) is 91.5 Å². The lowest BCUT2D eigenvalue weighted by molar-refractivity contribution is -0.134. The van der Waals surface area contributed by atoms with E-state index in [9.17, 15) is 28.0 Å². The predicted molar refractivity (Wildman–Crippen MR) is 220 cm³/mol. The number of anilines is 3. The summed E-state index contributed by atoms with van der Waals surface area (Å²) in [5, 5.41) is 16.2. The average molecular weight is 839 g/mol. The lowest BCUT2D eigenvalue weighted by Crippen LogP contribution is -2.49. The maximum Gasteiger partial charge on any atom is 0.284 e. The maximum atomic E-state index is 14.2. The van der Waals surface area contributed by atoms with Gasteiger partial charge in [-0.05, 0) is 87.1 Å². The molecule has 61 heavy (non-hydrogen) atoms. The molecular formula is C43H48F2N10O6. The number of oxazole rings is 1. The number of hydrogen-bond donors (Lipinski definition) is 4. The normalized spacial score (nSPS) is 21.5. The standard InChI is InChI=1S/C43H48F2N10O6/c44-40(45)39-33(49-42(59)34-24-61-43(50-34)27-11-12-46-36(17-27)47-19-25-1-2-25)21-55(52-39)29-6-3-26(4-7-29)20-53-13-15-54(16-14-53)22-38(57)48-28-5-9-35-31(18-28)32(23-60-35)30-8-10-37(56)51-41(30)58/h5,9,11-12,17-18,21,23-26,29-30,40H,1-4,6-8,10,13-16,19-20,22H2,(H,46,47)(H,48,57)(H,49,59)(H,51,56,58). The second-order valence-corrected chi connectivity index (χ2v) is 16.7. The second kappa shape index (κ2) is 17.5. The second-order valence-electron chi connectivity index (χ2n) is 16.7. The van der Waals surface area contributed by atoms with E-state index in [0.29, 0.717) is 46.5 Å². The van der Waals surface area contributed by atoms with Crippen molar-refractivity contribution in [3.8, 4) is 11.5 Å². The minimum Gasteiger partial charge on any atom is -0.464 e. The molecule has 0 radical (unpaired) electrons. The van der Waals surface area contributed by atoms with Crippen LogP contribution in [-0.2, 0) is 14.4 Å². The van der Waals surface area contributed by atoms with Crippen molar-refractivity contribution in [2.75, 3.05) is 61.8 Å². The fourth-order valence-corrected chi connectivity index (χ4v) is 8.66. The van der Waals surface area contributed by atoms with Crippen molar-refractivity contribution in [2.24, 2.45) is 11.8 Å². The summed E-state index contributed by atoms with van der Waals surface area (Å²) in [5.74, 6) is 0.109. The quantitative estimate of drug-likeness (QED) is 0.0928. The van der Waals surface area contributed by atoms with Crippen molar-refractivity contribution in [1.29, 1.82) is 0 Å². The summed E-state index contributed by atoms with van der Waals surface area (Å²) in [7, 11) is 0. The number of piperazine rings is 1. The summed E-state index contributed by atoms with van der Waals surface area (Å²) in [6, 6.07) is 8.81. The number of nitrogens with zero attached hydrogens (tertiary/aromatic N) is 6. The number of rotatable bonds is 14. The molecule has 4 aliphatic rings. The number of hydrogen-bond acceptors (Lipinski definition) is 12. The Morgan fingerprint density at radius 1 is 0.902 bits per heavy atom. The van der Waals surface area contributed by atoms with E-state index in [4.69, 9.17) is 8.83 Å². The Labute approximate surface area is 349 Å². The van der Waals surface area contributed by atoms with E-state index in [1.165, 1.54) is 25.3 Å². The molecule has 1 unspecified atom stereocenters. The summed E-state index contributed by atoms with van der Waals surface area (Å²) >= 11 is 0. The zero-order valence-electron chi connectivity index (χ0n) is 33.6. The highest BCUT2D eigenvalue weighted by molar-refractivity contribution is 6.04. The van der Waals surface area contributed by atoms with Crippen LogP contribution in [0.2, 0.25) is 0 Å². The number of halogens is 2. The van der Waals surface area contributed by atoms with Crippen LogP contribution in [0.5, 0.6) is 0 Å². The van der Waals surface area contributed by atoms with Crippen LogP contribution < -0.4 is 21.3 Å². The van der Waals surface area contributed by atoms with Crippen molar-refractivity contribution in [3.05, 3.63) is 72.2 Å². The van der Waals surface area contributed by atoms with E-state index < -0.39 is 23.9 Å². The fourth-order valence-electron chi connectivity index (χ4n) is 8.66. The van der Waals surface area contributed by atoms with Gasteiger partial charge in [-0.25, -0.2) is 18.7 Å². The van der Waals surface area contributed by atoms with Gasteiger partial charge >= 0.3 is 0 Å². The first-order chi connectivity index (χ1) is 29.6. The summed E-state index contributed by atoms with van der Waals surface area (Å²) < 4.78 is 41.2. The predicted octanol–water partition coefficient (Wildman–Crippen LogP) is 6.20. The Morgan fingerprint density at radius 3 is 2.46 bits per heavy atom. The third kappa shape index (κ3) is 9.49. The molecule has 1 atom stereocenters. The van der Waals surface area contributed by atoms with E-state index >= 15 is 0 Å². The van der Waals surface area contributed by atoms with E-state index in [2.05, 4.69) is 46.1 Å². The molecule has 4 amide bonds. The lowest BCUT2D eigenvalue weighted by Gasteiger charge is -2.38. The highest BCUT2D eigenvalue weighted by Crippen LogP contribution is 2.37. The number of amides is 4. The van der Waals surface area contributed by atoms with E-state index in [-0.39, 0.29) is 54.0 Å². The van der Waals surface area contributed by atoms with Crippen molar-refractivity contribution in [1.82, 2.24) is 34.9 Å².